The van der Waals surface area contributed by atoms with Crippen molar-refractivity contribution < 1.29 is 14.6 Å². The van der Waals surface area contributed by atoms with Crippen molar-refractivity contribution in [3.8, 4) is 0 Å². The lowest BCUT2D eigenvalue weighted by atomic mass is 10.1. The molecule has 0 saturated heterocycles. The summed E-state index contributed by atoms with van der Waals surface area (Å²) in [6.45, 7) is 8.09. The van der Waals surface area contributed by atoms with Gasteiger partial charge in [0.2, 0.25) is 0 Å². The Bertz CT molecular complexity index is 522. The third-order valence-corrected chi connectivity index (χ3v) is 2.99. The van der Waals surface area contributed by atoms with Gasteiger partial charge in [-0.25, -0.2) is 4.79 Å². The first-order valence-electron chi connectivity index (χ1n) is 6.27. The van der Waals surface area contributed by atoms with Crippen LogP contribution >= 0.6 is 0 Å². The molecule has 0 radical (unpaired) electrons. The lowest BCUT2D eigenvalue weighted by Gasteiger charge is -2.18. The molecular formula is C13H20N2O4. The van der Waals surface area contributed by atoms with Gasteiger partial charge in [-0.2, -0.15) is 4.98 Å². The van der Waals surface area contributed by atoms with Gasteiger partial charge in [0.05, 0.1) is 19.1 Å². The number of aliphatic carboxylic acids is 1. The molecule has 0 aliphatic heterocycles. The second-order valence-corrected chi connectivity index (χ2v) is 4.49. The van der Waals surface area contributed by atoms with Crippen LogP contribution < -0.4 is 5.69 Å². The lowest BCUT2D eigenvalue weighted by Crippen LogP contribution is -2.32. The maximum Gasteiger partial charge on any atom is 0.348 e. The molecule has 1 unspecified atom stereocenters. The summed E-state index contributed by atoms with van der Waals surface area (Å²) in [4.78, 5) is 26.6. The summed E-state index contributed by atoms with van der Waals surface area (Å²) in [6.07, 6.45) is -0.253. The van der Waals surface area contributed by atoms with Crippen molar-refractivity contribution in [2.24, 2.45) is 0 Å². The van der Waals surface area contributed by atoms with Gasteiger partial charge in [-0.1, -0.05) is 0 Å². The molecule has 106 valence electrons. The van der Waals surface area contributed by atoms with Crippen LogP contribution in [-0.4, -0.2) is 33.3 Å². The van der Waals surface area contributed by atoms with Crippen molar-refractivity contribution in [1.29, 1.82) is 0 Å². The summed E-state index contributed by atoms with van der Waals surface area (Å²) in [5.74, 6) is -0.934. The standard InChI is InChI=1S/C13H20N2O4/c1-5-19-8(2)7-15-10(4)11(6-12(16)17)9(3)14-13(15)18/h8H,5-7H2,1-4H3,(H,16,17). The van der Waals surface area contributed by atoms with Crippen LogP contribution in [0.2, 0.25) is 0 Å². The minimum atomic E-state index is -0.934. The SMILES string of the molecule is CCOC(C)Cn1c(C)c(CC(=O)O)c(C)nc1=O. The molecule has 6 heteroatoms. The van der Waals surface area contributed by atoms with Crippen molar-refractivity contribution in [1.82, 2.24) is 9.55 Å². The Hall–Kier alpha value is -1.69. The molecule has 6 nitrogen and oxygen atoms in total. The molecule has 1 atom stereocenters. The quantitative estimate of drug-likeness (QED) is 0.829. The molecule has 1 heterocycles. The van der Waals surface area contributed by atoms with E-state index in [1.165, 1.54) is 4.57 Å². The summed E-state index contributed by atoms with van der Waals surface area (Å²) in [5, 5.41) is 8.90. The monoisotopic (exact) mass is 268 g/mol. The van der Waals surface area contributed by atoms with Gasteiger partial charge in [0.15, 0.2) is 0 Å². The number of aryl methyl sites for hydroxylation is 1. The molecule has 0 aliphatic rings. The maximum atomic E-state index is 11.9. The van der Waals surface area contributed by atoms with Gasteiger partial charge in [0.1, 0.15) is 0 Å². The second kappa shape index (κ2) is 6.47. The first kappa shape index (κ1) is 15.4. The molecule has 0 amide bonds. The van der Waals surface area contributed by atoms with Crippen LogP contribution in [0.5, 0.6) is 0 Å². The molecule has 0 saturated carbocycles. The van der Waals surface area contributed by atoms with Crippen LogP contribution in [0.15, 0.2) is 4.79 Å². The van der Waals surface area contributed by atoms with E-state index in [9.17, 15) is 9.59 Å². The predicted molar refractivity (Wildman–Crippen MR) is 70.4 cm³/mol. The highest BCUT2D eigenvalue weighted by Crippen LogP contribution is 2.11. The Morgan fingerprint density at radius 2 is 2.11 bits per heavy atom. The molecule has 1 aromatic heterocycles. The first-order chi connectivity index (χ1) is 8.86. The highest BCUT2D eigenvalue weighted by Gasteiger charge is 2.15. The number of ether oxygens (including phenoxy) is 1. The lowest BCUT2D eigenvalue weighted by molar-refractivity contribution is -0.136. The number of carboxylic acid groups (broad SMARTS) is 1. The molecule has 19 heavy (non-hydrogen) atoms. The van der Waals surface area contributed by atoms with Crippen molar-refractivity contribution in [3.63, 3.8) is 0 Å². The summed E-state index contributed by atoms with van der Waals surface area (Å²) < 4.78 is 6.88. The molecular weight excluding hydrogens is 248 g/mol. The van der Waals surface area contributed by atoms with E-state index in [4.69, 9.17) is 9.84 Å². The predicted octanol–water partition coefficient (Wildman–Crippen LogP) is 0.912. The maximum absolute atomic E-state index is 11.9. The van der Waals surface area contributed by atoms with Crippen molar-refractivity contribution in [3.05, 3.63) is 27.4 Å². The molecule has 1 aromatic rings. The van der Waals surface area contributed by atoms with Crippen LogP contribution in [0.1, 0.15) is 30.8 Å². The average Bonchev–Trinajstić information content (AvgIpc) is 2.30. The highest BCUT2D eigenvalue weighted by atomic mass is 16.5. The Labute approximate surface area is 112 Å². The van der Waals surface area contributed by atoms with E-state index in [1.54, 1.807) is 13.8 Å². The number of hydrogen-bond acceptors (Lipinski definition) is 4. The zero-order chi connectivity index (χ0) is 14.6. The summed E-state index contributed by atoms with van der Waals surface area (Å²) in [6, 6.07) is 0. The largest absolute Gasteiger partial charge is 0.481 e. The average molecular weight is 268 g/mol. The molecule has 1 rings (SSSR count). The van der Waals surface area contributed by atoms with Crippen LogP contribution in [0, 0.1) is 13.8 Å². The second-order valence-electron chi connectivity index (χ2n) is 4.49. The normalized spacial score (nSPS) is 12.4. The van der Waals surface area contributed by atoms with Gasteiger partial charge in [0.25, 0.3) is 0 Å². The summed E-state index contributed by atoms with van der Waals surface area (Å²) in [5.41, 5.74) is 1.35. The van der Waals surface area contributed by atoms with Crippen LogP contribution in [0.4, 0.5) is 0 Å². The van der Waals surface area contributed by atoms with Crippen molar-refractivity contribution in [2.45, 2.75) is 46.8 Å². The molecule has 1 N–H and O–H groups in total. The van der Waals surface area contributed by atoms with E-state index in [2.05, 4.69) is 4.98 Å². The van der Waals surface area contributed by atoms with Gasteiger partial charge in [-0.3, -0.25) is 9.36 Å². The number of carbonyl (C=O) groups is 1. The molecule has 0 fully saturated rings. The number of nitrogens with zero attached hydrogens (tertiary/aromatic N) is 2. The molecule has 0 spiro atoms. The van der Waals surface area contributed by atoms with Gasteiger partial charge >= 0.3 is 11.7 Å². The van der Waals surface area contributed by atoms with Gasteiger partial charge in [0, 0.05) is 23.6 Å². The Kier molecular flexibility index (Phi) is 5.23. The Morgan fingerprint density at radius 3 is 2.63 bits per heavy atom. The first-order valence-corrected chi connectivity index (χ1v) is 6.27. The zero-order valence-electron chi connectivity index (χ0n) is 11.8. The number of carboxylic acids is 1. The van der Waals surface area contributed by atoms with E-state index in [-0.39, 0.29) is 18.2 Å². The van der Waals surface area contributed by atoms with Crippen LogP contribution in [0.3, 0.4) is 0 Å². The Balaban J connectivity index is 3.17. The Morgan fingerprint density at radius 1 is 1.47 bits per heavy atom. The van der Waals surface area contributed by atoms with Crippen molar-refractivity contribution >= 4 is 5.97 Å². The van der Waals surface area contributed by atoms with E-state index in [1.807, 2.05) is 13.8 Å². The number of rotatable bonds is 6. The van der Waals surface area contributed by atoms with Gasteiger partial charge < -0.3 is 9.84 Å². The summed E-state index contributed by atoms with van der Waals surface area (Å²) in [7, 11) is 0. The topological polar surface area (TPSA) is 81.4 Å². The fraction of sp³-hybridized carbons (Fsp3) is 0.615. The van der Waals surface area contributed by atoms with Gasteiger partial charge in [-0.05, 0) is 27.7 Å². The molecule has 0 aliphatic carbocycles. The van der Waals surface area contributed by atoms with Crippen molar-refractivity contribution in [2.75, 3.05) is 6.61 Å². The molecule has 0 aromatic carbocycles. The number of hydrogen-bond donors (Lipinski definition) is 1. The highest BCUT2D eigenvalue weighted by molar-refractivity contribution is 5.70. The fourth-order valence-corrected chi connectivity index (χ4v) is 2.06. The van der Waals surface area contributed by atoms with Gasteiger partial charge in [-0.15, -0.1) is 0 Å². The molecule has 0 bridgehead atoms. The van der Waals surface area contributed by atoms with Crippen LogP contribution in [0.25, 0.3) is 0 Å². The smallest absolute Gasteiger partial charge is 0.348 e. The number of aromatic nitrogens is 2. The fourth-order valence-electron chi connectivity index (χ4n) is 2.06. The van der Waals surface area contributed by atoms with E-state index >= 15 is 0 Å². The third kappa shape index (κ3) is 3.89. The summed E-state index contributed by atoms with van der Waals surface area (Å²) >= 11 is 0. The zero-order valence-corrected chi connectivity index (χ0v) is 11.8. The minimum Gasteiger partial charge on any atom is -0.481 e. The van der Waals surface area contributed by atoms with Crippen LogP contribution in [-0.2, 0) is 22.5 Å². The van der Waals surface area contributed by atoms with E-state index in [0.29, 0.717) is 30.1 Å². The minimum absolute atomic E-state index is 0.122. The van der Waals surface area contributed by atoms with E-state index < -0.39 is 5.97 Å². The van der Waals surface area contributed by atoms with E-state index in [0.717, 1.165) is 0 Å². The third-order valence-electron chi connectivity index (χ3n) is 2.99.